The number of hydrogen-bond acceptors (Lipinski definition) is 4. The Labute approximate surface area is 121 Å². The fourth-order valence-electron chi connectivity index (χ4n) is 1.86. The van der Waals surface area contributed by atoms with Crippen LogP contribution in [0.4, 0.5) is 5.69 Å². The molecule has 0 saturated carbocycles. The lowest BCUT2D eigenvalue weighted by Crippen LogP contribution is -2.36. The van der Waals surface area contributed by atoms with Gasteiger partial charge < -0.3 is 11.1 Å². The highest BCUT2D eigenvalue weighted by atomic mass is 35.5. The van der Waals surface area contributed by atoms with Crippen molar-refractivity contribution in [1.82, 2.24) is 4.98 Å². The predicted octanol–water partition coefficient (Wildman–Crippen LogP) is 3.26. The summed E-state index contributed by atoms with van der Waals surface area (Å²) in [5, 5.41) is 3.27. The number of benzene rings is 1. The van der Waals surface area contributed by atoms with Crippen molar-refractivity contribution in [3.8, 4) is 0 Å². The smallest absolute Gasteiger partial charge is 0.241 e. The number of carbonyl (C=O) groups is 1. The zero-order chi connectivity index (χ0) is 14.0. The minimum absolute atomic E-state index is 0.226. The van der Waals surface area contributed by atoms with E-state index in [-0.39, 0.29) is 5.91 Å². The van der Waals surface area contributed by atoms with Gasteiger partial charge in [0.05, 0.1) is 27.0 Å². The highest BCUT2D eigenvalue weighted by molar-refractivity contribution is 7.16. The van der Waals surface area contributed by atoms with Crippen LogP contribution in [0.25, 0.3) is 10.2 Å². The third-order valence-corrected chi connectivity index (χ3v) is 3.87. The minimum atomic E-state index is -0.537. The van der Waals surface area contributed by atoms with Crippen LogP contribution in [0.15, 0.2) is 17.6 Å². The quantitative estimate of drug-likeness (QED) is 0.910. The molecule has 4 nitrogen and oxygen atoms in total. The van der Waals surface area contributed by atoms with Crippen LogP contribution in [-0.2, 0) is 4.79 Å². The fraction of sp³-hybridized carbons (Fsp3) is 0.385. The number of nitrogens with one attached hydrogen (secondary N) is 1. The Morgan fingerprint density at radius 1 is 1.53 bits per heavy atom. The van der Waals surface area contributed by atoms with E-state index in [9.17, 15) is 4.79 Å². The standard InChI is InChI=1S/C13H16ClN3OS/c1-7(2)5-9(15)13(18)17-11-8(14)3-4-10-12(11)16-6-19-10/h3-4,6-7,9H,5,15H2,1-2H3,(H,17,18)/t9-/m1/s1. The Bertz CT molecular complexity index is 597. The van der Waals surface area contributed by atoms with E-state index in [4.69, 9.17) is 17.3 Å². The third kappa shape index (κ3) is 3.23. The maximum Gasteiger partial charge on any atom is 0.241 e. The highest BCUT2D eigenvalue weighted by Crippen LogP contribution is 2.32. The summed E-state index contributed by atoms with van der Waals surface area (Å²) in [5.41, 5.74) is 8.85. The molecular formula is C13H16ClN3OS. The first-order valence-corrected chi connectivity index (χ1v) is 7.33. The SMILES string of the molecule is CC(C)C[C@@H](N)C(=O)Nc1c(Cl)ccc2scnc12. The molecule has 0 spiro atoms. The molecule has 0 fully saturated rings. The van der Waals surface area contributed by atoms with Gasteiger partial charge in [-0.15, -0.1) is 11.3 Å². The van der Waals surface area contributed by atoms with Crippen LogP contribution >= 0.6 is 22.9 Å². The van der Waals surface area contributed by atoms with Gasteiger partial charge in [-0.2, -0.15) is 0 Å². The van der Waals surface area contributed by atoms with E-state index in [1.165, 1.54) is 11.3 Å². The summed E-state index contributed by atoms with van der Waals surface area (Å²) in [6.07, 6.45) is 0.635. The van der Waals surface area contributed by atoms with E-state index in [1.807, 2.05) is 19.9 Å². The molecule has 0 unspecified atom stereocenters. The van der Waals surface area contributed by atoms with E-state index < -0.39 is 6.04 Å². The molecule has 0 aliphatic heterocycles. The zero-order valence-electron chi connectivity index (χ0n) is 10.8. The number of amides is 1. The second-order valence-corrected chi connectivity index (χ2v) is 6.14. The molecule has 0 aliphatic carbocycles. The van der Waals surface area contributed by atoms with E-state index in [0.717, 1.165) is 4.70 Å². The van der Waals surface area contributed by atoms with E-state index >= 15 is 0 Å². The molecular weight excluding hydrogens is 282 g/mol. The normalized spacial score (nSPS) is 12.9. The molecule has 1 aromatic heterocycles. The monoisotopic (exact) mass is 297 g/mol. The number of halogens is 1. The van der Waals surface area contributed by atoms with Crippen molar-refractivity contribution >= 4 is 44.7 Å². The lowest BCUT2D eigenvalue weighted by molar-refractivity contribution is -0.117. The molecule has 3 N–H and O–H groups in total. The first-order valence-electron chi connectivity index (χ1n) is 6.07. The molecule has 6 heteroatoms. The van der Waals surface area contributed by atoms with Gasteiger partial charge >= 0.3 is 0 Å². The Morgan fingerprint density at radius 2 is 2.26 bits per heavy atom. The van der Waals surface area contributed by atoms with Crippen LogP contribution in [0.2, 0.25) is 5.02 Å². The Kier molecular flexibility index (Phi) is 4.39. The van der Waals surface area contributed by atoms with Crippen LogP contribution in [0, 0.1) is 5.92 Å². The number of carbonyl (C=O) groups excluding carboxylic acids is 1. The number of nitrogens with two attached hydrogens (primary N) is 1. The Hall–Kier alpha value is -1.17. The highest BCUT2D eigenvalue weighted by Gasteiger charge is 2.18. The summed E-state index contributed by atoms with van der Waals surface area (Å²) < 4.78 is 0.983. The number of anilines is 1. The summed E-state index contributed by atoms with van der Waals surface area (Å²) in [5.74, 6) is 0.141. The summed E-state index contributed by atoms with van der Waals surface area (Å²) in [7, 11) is 0. The number of fused-ring (bicyclic) bond motifs is 1. The fourth-order valence-corrected chi connectivity index (χ4v) is 2.74. The Balaban J connectivity index is 2.23. The molecule has 0 radical (unpaired) electrons. The topological polar surface area (TPSA) is 68.0 Å². The summed E-state index contributed by atoms with van der Waals surface area (Å²) >= 11 is 7.63. The van der Waals surface area contributed by atoms with E-state index in [0.29, 0.717) is 28.6 Å². The Morgan fingerprint density at radius 3 is 2.95 bits per heavy atom. The molecule has 2 rings (SSSR count). The summed E-state index contributed by atoms with van der Waals surface area (Å²) in [4.78, 5) is 16.3. The lowest BCUT2D eigenvalue weighted by atomic mass is 10.0. The summed E-state index contributed by atoms with van der Waals surface area (Å²) in [6.45, 7) is 4.06. The number of rotatable bonds is 4. The largest absolute Gasteiger partial charge is 0.322 e. The number of thiazole rings is 1. The van der Waals surface area contributed by atoms with Gasteiger partial charge in [-0.05, 0) is 24.5 Å². The van der Waals surface area contributed by atoms with Crippen LogP contribution in [-0.4, -0.2) is 16.9 Å². The van der Waals surface area contributed by atoms with E-state index in [2.05, 4.69) is 10.3 Å². The summed E-state index contributed by atoms with van der Waals surface area (Å²) in [6, 6.07) is 3.11. The second-order valence-electron chi connectivity index (χ2n) is 4.85. The first-order chi connectivity index (χ1) is 8.99. The lowest BCUT2D eigenvalue weighted by Gasteiger charge is -2.15. The van der Waals surface area contributed by atoms with Gasteiger partial charge in [0.2, 0.25) is 5.91 Å². The van der Waals surface area contributed by atoms with Crippen LogP contribution < -0.4 is 11.1 Å². The molecule has 1 amide bonds. The number of hydrogen-bond donors (Lipinski definition) is 2. The molecule has 1 heterocycles. The molecule has 0 bridgehead atoms. The second kappa shape index (κ2) is 5.86. The van der Waals surface area contributed by atoms with Crippen molar-refractivity contribution in [1.29, 1.82) is 0 Å². The van der Waals surface area contributed by atoms with Gasteiger partial charge in [0, 0.05) is 0 Å². The zero-order valence-corrected chi connectivity index (χ0v) is 12.4. The molecule has 1 aromatic carbocycles. The van der Waals surface area contributed by atoms with Gasteiger partial charge in [0.15, 0.2) is 0 Å². The third-order valence-electron chi connectivity index (χ3n) is 2.76. The molecule has 0 aliphatic rings. The van der Waals surface area contributed by atoms with Crippen molar-refractivity contribution in [2.24, 2.45) is 11.7 Å². The maximum atomic E-state index is 12.0. The first kappa shape index (κ1) is 14.2. The van der Waals surface area contributed by atoms with Crippen LogP contribution in [0.5, 0.6) is 0 Å². The van der Waals surface area contributed by atoms with Crippen molar-refractivity contribution < 1.29 is 4.79 Å². The van der Waals surface area contributed by atoms with Crippen molar-refractivity contribution in [2.75, 3.05) is 5.32 Å². The molecule has 19 heavy (non-hydrogen) atoms. The number of nitrogens with zero attached hydrogens (tertiary/aromatic N) is 1. The van der Waals surface area contributed by atoms with Gasteiger partial charge in [0.25, 0.3) is 0 Å². The predicted molar refractivity (Wildman–Crippen MR) is 80.7 cm³/mol. The molecule has 0 saturated heterocycles. The average molecular weight is 298 g/mol. The molecule has 1 atom stereocenters. The molecule has 2 aromatic rings. The van der Waals surface area contributed by atoms with E-state index in [1.54, 1.807) is 11.6 Å². The van der Waals surface area contributed by atoms with Gasteiger partial charge in [-0.3, -0.25) is 4.79 Å². The number of aromatic nitrogens is 1. The van der Waals surface area contributed by atoms with Gasteiger partial charge in [-0.25, -0.2) is 4.98 Å². The van der Waals surface area contributed by atoms with Gasteiger partial charge in [-0.1, -0.05) is 25.4 Å². The van der Waals surface area contributed by atoms with Crippen molar-refractivity contribution in [2.45, 2.75) is 26.3 Å². The maximum absolute atomic E-state index is 12.0. The van der Waals surface area contributed by atoms with Crippen molar-refractivity contribution in [3.05, 3.63) is 22.7 Å². The molecule has 102 valence electrons. The minimum Gasteiger partial charge on any atom is -0.322 e. The van der Waals surface area contributed by atoms with Crippen molar-refractivity contribution in [3.63, 3.8) is 0 Å². The van der Waals surface area contributed by atoms with Crippen LogP contribution in [0.3, 0.4) is 0 Å². The van der Waals surface area contributed by atoms with Crippen LogP contribution in [0.1, 0.15) is 20.3 Å². The van der Waals surface area contributed by atoms with Gasteiger partial charge in [0.1, 0.15) is 5.52 Å². The average Bonchev–Trinajstić information content (AvgIpc) is 2.80.